The average Bonchev–Trinajstić information content (AvgIpc) is 2.46. The predicted molar refractivity (Wildman–Crippen MR) is 72.9 cm³/mol. The van der Waals surface area contributed by atoms with Crippen LogP contribution in [-0.4, -0.2) is 23.2 Å². The molecule has 0 fully saturated rings. The number of carbonyl (C=O) groups is 1. The highest BCUT2D eigenvalue weighted by Gasteiger charge is 2.10. The van der Waals surface area contributed by atoms with Gasteiger partial charge in [-0.25, -0.2) is 9.78 Å². The average molecular weight is 274 g/mol. The number of pyridine rings is 1. The molecule has 1 aromatic heterocycles. The molecule has 6 nitrogen and oxygen atoms in total. The minimum Gasteiger partial charge on any atom is -0.497 e. The molecule has 0 atom stereocenters. The van der Waals surface area contributed by atoms with Crippen LogP contribution in [0.1, 0.15) is 16.1 Å². The van der Waals surface area contributed by atoms with Crippen molar-refractivity contribution in [2.75, 3.05) is 12.8 Å². The Hall–Kier alpha value is -2.76. The number of aromatic carboxylic acids is 1. The topological polar surface area (TPSA) is 94.7 Å². The Morgan fingerprint density at radius 1 is 1.35 bits per heavy atom. The fraction of sp³-hybridized carbons (Fsp3) is 0.143. The van der Waals surface area contributed by atoms with Crippen molar-refractivity contribution < 1.29 is 19.4 Å². The molecule has 104 valence electrons. The summed E-state index contributed by atoms with van der Waals surface area (Å²) in [7, 11) is 1.58. The third kappa shape index (κ3) is 3.17. The number of nitrogens with two attached hydrogens (primary N) is 1. The van der Waals surface area contributed by atoms with Crippen LogP contribution in [-0.2, 0) is 6.61 Å². The summed E-state index contributed by atoms with van der Waals surface area (Å²) in [5, 5.41) is 8.88. The molecule has 3 N–H and O–H groups in total. The number of nitrogen functional groups attached to an aromatic ring is 1. The highest BCUT2D eigenvalue weighted by atomic mass is 16.5. The Morgan fingerprint density at radius 2 is 2.15 bits per heavy atom. The number of carboxylic acid groups (broad SMARTS) is 1. The van der Waals surface area contributed by atoms with Crippen molar-refractivity contribution in [3.8, 4) is 11.6 Å². The van der Waals surface area contributed by atoms with Gasteiger partial charge in [0.2, 0.25) is 5.88 Å². The van der Waals surface area contributed by atoms with Gasteiger partial charge in [-0.3, -0.25) is 0 Å². The number of aromatic nitrogens is 1. The Morgan fingerprint density at radius 3 is 2.85 bits per heavy atom. The van der Waals surface area contributed by atoms with Crippen molar-refractivity contribution in [3.63, 3.8) is 0 Å². The summed E-state index contributed by atoms with van der Waals surface area (Å²) in [5.41, 5.74) is 6.75. The molecule has 20 heavy (non-hydrogen) atoms. The van der Waals surface area contributed by atoms with Crippen molar-refractivity contribution >= 4 is 11.7 Å². The molecule has 1 heterocycles. The number of hydrogen-bond donors (Lipinski definition) is 2. The first-order valence-electron chi connectivity index (χ1n) is 5.85. The lowest BCUT2D eigenvalue weighted by Gasteiger charge is -2.09. The van der Waals surface area contributed by atoms with E-state index < -0.39 is 5.97 Å². The molecule has 0 bridgehead atoms. The summed E-state index contributed by atoms with van der Waals surface area (Å²) in [6.45, 7) is 0.220. The number of nitrogens with zero attached hydrogens (tertiary/aromatic N) is 1. The van der Waals surface area contributed by atoms with Crippen molar-refractivity contribution in [2.45, 2.75) is 6.61 Å². The van der Waals surface area contributed by atoms with E-state index in [4.69, 9.17) is 20.3 Å². The number of anilines is 1. The van der Waals surface area contributed by atoms with Crippen molar-refractivity contribution in [1.29, 1.82) is 0 Å². The lowest BCUT2D eigenvalue weighted by atomic mass is 10.2. The smallest absolute Gasteiger partial charge is 0.354 e. The van der Waals surface area contributed by atoms with E-state index in [2.05, 4.69) is 4.98 Å². The second-order valence-electron chi connectivity index (χ2n) is 4.04. The van der Waals surface area contributed by atoms with E-state index in [1.807, 2.05) is 24.3 Å². The zero-order chi connectivity index (χ0) is 14.5. The van der Waals surface area contributed by atoms with Gasteiger partial charge in [-0.1, -0.05) is 12.1 Å². The maximum atomic E-state index is 10.8. The molecular formula is C14H14N2O4. The van der Waals surface area contributed by atoms with Crippen LogP contribution in [0.3, 0.4) is 0 Å². The van der Waals surface area contributed by atoms with Gasteiger partial charge in [-0.05, 0) is 29.8 Å². The monoisotopic (exact) mass is 274 g/mol. The fourth-order valence-electron chi connectivity index (χ4n) is 1.60. The number of rotatable bonds is 5. The van der Waals surface area contributed by atoms with Crippen LogP contribution in [0.2, 0.25) is 0 Å². The third-order valence-corrected chi connectivity index (χ3v) is 2.62. The van der Waals surface area contributed by atoms with E-state index >= 15 is 0 Å². The van der Waals surface area contributed by atoms with Gasteiger partial charge in [0.05, 0.1) is 12.8 Å². The molecule has 0 amide bonds. The molecule has 2 rings (SSSR count). The van der Waals surface area contributed by atoms with Gasteiger partial charge in [0.15, 0.2) is 5.69 Å². The summed E-state index contributed by atoms with van der Waals surface area (Å²) < 4.78 is 10.6. The quantitative estimate of drug-likeness (QED) is 0.865. The van der Waals surface area contributed by atoms with Crippen LogP contribution >= 0.6 is 0 Å². The van der Waals surface area contributed by atoms with Crippen LogP contribution < -0.4 is 15.2 Å². The van der Waals surface area contributed by atoms with Gasteiger partial charge in [-0.15, -0.1) is 0 Å². The zero-order valence-electron chi connectivity index (χ0n) is 10.9. The van der Waals surface area contributed by atoms with E-state index in [1.54, 1.807) is 7.11 Å². The van der Waals surface area contributed by atoms with Gasteiger partial charge < -0.3 is 20.3 Å². The highest BCUT2D eigenvalue weighted by Crippen LogP contribution is 2.21. The summed E-state index contributed by atoms with van der Waals surface area (Å²) in [5.74, 6) is -0.310. The number of hydrogen-bond acceptors (Lipinski definition) is 5. The normalized spacial score (nSPS) is 10.1. The standard InChI is InChI=1S/C14H14N2O4/c1-19-10-4-2-3-9(7-10)8-20-13-11(15)5-6-12(16-13)14(17)18/h2-7H,8,15H2,1H3,(H,17,18). The van der Waals surface area contributed by atoms with E-state index in [0.29, 0.717) is 5.75 Å². The SMILES string of the molecule is COc1cccc(COc2nc(C(=O)O)ccc2N)c1. The van der Waals surface area contributed by atoms with Crippen LogP contribution in [0.5, 0.6) is 11.6 Å². The van der Waals surface area contributed by atoms with Gasteiger partial charge in [0, 0.05) is 0 Å². The van der Waals surface area contributed by atoms with E-state index in [1.165, 1.54) is 12.1 Å². The molecule has 6 heteroatoms. The molecule has 0 aliphatic carbocycles. The maximum absolute atomic E-state index is 10.8. The largest absolute Gasteiger partial charge is 0.497 e. The van der Waals surface area contributed by atoms with Gasteiger partial charge in [-0.2, -0.15) is 0 Å². The lowest BCUT2D eigenvalue weighted by Crippen LogP contribution is -2.06. The first-order valence-corrected chi connectivity index (χ1v) is 5.85. The van der Waals surface area contributed by atoms with E-state index in [9.17, 15) is 4.79 Å². The Labute approximate surface area is 115 Å². The summed E-state index contributed by atoms with van der Waals surface area (Å²) >= 11 is 0. The first-order chi connectivity index (χ1) is 9.60. The summed E-state index contributed by atoms with van der Waals surface area (Å²) in [4.78, 5) is 14.7. The Bertz CT molecular complexity index is 628. The van der Waals surface area contributed by atoms with Crippen LogP contribution in [0.4, 0.5) is 5.69 Å². The third-order valence-electron chi connectivity index (χ3n) is 2.62. The van der Waals surface area contributed by atoms with Crippen LogP contribution in [0.15, 0.2) is 36.4 Å². The second-order valence-corrected chi connectivity index (χ2v) is 4.04. The molecule has 0 radical (unpaired) electrons. The fourth-order valence-corrected chi connectivity index (χ4v) is 1.60. The minimum atomic E-state index is -1.13. The Kier molecular flexibility index (Phi) is 4.05. The highest BCUT2D eigenvalue weighted by molar-refractivity contribution is 5.86. The predicted octanol–water partition coefficient (Wildman–Crippen LogP) is 1.95. The molecule has 0 unspecified atom stereocenters. The van der Waals surface area contributed by atoms with Crippen molar-refractivity contribution in [3.05, 3.63) is 47.7 Å². The van der Waals surface area contributed by atoms with E-state index in [0.717, 1.165) is 5.56 Å². The zero-order valence-corrected chi connectivity index (χ0v) is 10.9. The summed E-state index contributed by atoms with van der Waals surface area (Å²) in [6, 6.07) is 10.1. The molecule has 0 aliphatic rings. The molecule has 1 aromatic carbocycles. The molecule has 0 saturated carbocycles. The van der Waals surface area contributed by atoms with Crippen molar-refractivity contribution in [2.24, 2.45) is 0 Å². The van der Waals surface area contributed by atoms with E-state index in [-0.39, 0.29) is 23.9 Å². The molecule has 0 aliphatic heterocycles. The lowest BCUT2D eigenvalue weighted by molar-refractivity contribution is 0.0689. The molecule has 0 spiro atoms. The maximum Gasteiger partial charge on any atom is 0.354 e. The second kappa shape index (κ2) is 5.92. The number of methoxy groups -OCH3 is 1. The molecule has 2 aromatic rings. The summed E-state index contributed by atoms with van der Waals surface area (Å²) in [6.07, 6.45) is 0. The number of ether oxygens (including phenoxy) is 2. The molecule has 0 saturated heterocycles. The van der Waals surface area contributed by atoms with Gasteiger partial charge in [0.1, 0.15) is 12.4 Å². The van der Waals surface area contributed by atoms with Crippen LogP contribution in [0, 0.1) is 0 Å². The van der Waals surface area contributed by atoms with Gasteiger partial charge >= 0.3 is 5.97 Å². The van der Waals surface area contributed by atoms with Crippen molar-refractivity contribution in [1.82, 2.24) is 4.98 Å². The minimum absolute atomic E-state index is 0.104. The van der Waals surface area contributed by atoms with Crippen LogP contribution in [0.25, 0.3) is 0 Å². The number of carboxylic acids is 1. The molecular weight excluding hydrogens is 260 g/mol. The first kappa shape index (κ1) is 13.7. The van der Waals surface area contributed by atoms with Gasteiger partial charge in [0.25, 0.3) is 0 Å². The number of benzene rings is 1. The Balaban J connectivity index is 2.13.